The number of nitrogens with zero attached hydrogens (tertiary/aromatic N) is 1. The summed E-state index contributed by atoms with van der Waals surface area (Å²) in [6, 6.07) is 0. The van der Waals surface area contributed by atoms with E-state index in [4.69, 9.17) is 4.74 Å². The summed E-state index contributed by atoms with van der Waals surface area (Å²) in [6.45, 7) is 11.2. The minimum atomic E-state index is -1.24. The maximum absolute atomic E-state index is 11.8. The largest absolute Gasteiger partial charge is 0.479 e. The van der Waals surface area contributed by atoms with Crippen LogP contribution in [0, 0.1) is 5.92 Å². The predicted molar refractivity (Wildman–Crippen MR) is 75.6 cm³/mol. The Morgan fingerprint density at radius 2 is 2.00 bits per heavy atom. The van der Waals surface area contributed by atoms with E-state index < -0.39 is 23.2 Å². The molecule has 1 atom stereocenters. The van der Waals surface area contributed by atoms with Gasteiger partial charge in [-0.2, -0.15) is 0 Å². The third-order valence-electron chi connectivity index (χ3n) is 3.12. The molecule has 6 nitrogen and oxygen atoms in total. The zero-order valence-electron chi connectivity index (χ0n) is 13.0. The Bertz CT molecular complexity index is 376. The Morgan fingerprint density at radius 1 is 1.40 bits per heavy atom. The number of carbonyl (C=O) groups excluding carboxylic acids is 1. The zero-order valence-corrected chi connectivity index (χ0v) is 13.0. The van der Waals surface area contributed by atoms with Crippen LogP contribution < -0.4 is 5.32 Å². The van der Waals surface area contributed by atoms with Crippen molar-refractivity contribution < 1.29 is 19.4 Å². The second-order valence-corrected chi connectivity index (χ2v) is 6.89. The van der Waals surface area contributed by atoms with Gasteiger partial charge in [-0.1, -0.05) is 13.8 Å². The number of aliphatic carboxylic acids is 1. The first-order valence-corrected chi connectivity index (χ1v) is 7.01. The highest BCUT2D eigenvalue weighted by molar-refractivity contribution is 5.85. The molecule has 1 rings (SSSR count). The molecule has 1 unspecified atom stereocenters. The van der Waals surface area contributed by atoms with Gasteiger partial charge >= 0.3 is 12.1 Å². The van der Waals surface area contributed by atoms with E-state index in [1.54, 1.807) is 20.8 Å². The van der Waals surface area contributed by atoms with Crippen LogP contribution in [0.2, 0.25) is 0 Å². The molecular formula is C14H26N2O4. The smallest absolute Gasteiger partial charge is 0.408 e. The van der Waals surface area contributed by atoms with E-state index in [1.807, 2.05) is 0 Å². The quantitative estimate of drug-likeness (QED) is 0.822. The van der Waals surface area contributed by atoms with Crippen LogP contribution in [0.5, 0.6) is 0 Å². The molecule has 2 N–H and O–H groups in total. The van der Waals surface area contributed by atoms with Crippen molar-refractivity contribution in [3.8, 4) is 0 Å². The Labute approximate surface area is 120 Å². The molecule has 0 aromatic heterocycles. The molecule has 20 heavy (non-hydrogen) atoms. The topological polar surface area (TPSA) is 78.9 Å². The molecule has 0 bridgehead atoms. The fourth-order valence-electron chi connectivity index (χ4n) is 2.39. The summed E-state index contributed by atoms with van der Waals surface area (Å²) in [5, 5.41) is 12.0. The molecular weight excluding hydrogens is 260 g/mol. The van der Waals surface area contributed by atoms with Crippen molar-refractivity contribution in [1.29, 1.82) is 0 Å². The average Bonchev–Trinajstić information content (AvgIpc) is 2.58. The van der Waals surface area contributed by atoms with Gasteiger partial charge in [-0.25, -0.2) is 9.59 Å². The lowest BCUT2D eigenvalue weighted by Gasteiger charge is -2.28. The summed E-state index contributed by atoms with van der Waals surface area (Å²) in [7, 11) is 0. The third kappa shape index (κ3) is 4.67. The van der Waals surface area contributed by atoms with Crippen molar-refractivity contribution in [3.63, 3.8) is 0 Å². The first-order valence-electron chi connectivity index (χ1n) is 7.01. The lowest BCUT2D eigenvalue weighted by Crippen LogP contribution is -2.57. The minimum absolute atomic E-state index is 0.319. The highest BCUT2D eigenvalue weighted by atomic mass is 16.6. The third-order valence-corrected chi connectivity index (χ3v) is 3.12. The number of ether oxygens (including phenoxy) is 1. The van der Waals surface area contributed by atoms with Crippen molar-refractivity contribution in [1.82, 2.24) is 10.2 Å². The molecule has 1 heterocycles. The van der Waals surface area contributed by atoms with Gasteiger partial charge in [-0.05, 0) is 33.1 Å². The van der Waals surface area contributed by atoms with E-state index in [0.29, 0.717) is 25.4 Å². The SMILES string of the molecule is CC(C)CN1CCC(NC(=O)OC(C)(C)C)(C(=O)O)C1. The average molecular weight is 286 g/mol. The van der Waals surface area contributed by atoms with Gasteiger partial charge in [-0.3, -0.25) is 0 Å². The number of hydrogen-bond acceptors (Lipinski definition) is 4. The van der Waals surface area contributed by atoms with Crippen LogP contribution in [0.1, 0.15) is 41.0 Å². The lowest BCUT2D eigenvalue weighted by molar-refractivity contribution is -0.144. The second-order valence-electron chi connectivity index (χ2n) is 6.89. The molecule has 0 aromatic carbocycles. The van der Waals surface area contributed by atoms with E-state index in [9.17, 15) is 14.7 Å². The van der Waals surface area contributed by atoms with Gasteiger partial charge in [0.05, 0.1) is 0 Å². The molecule has 1 aliphatic heterocycles. The van der Waals surface area contributed by atoms with Gasteiger partial charge in [0.15, 0.2) is 5.54 Å². The molecule has 1 saturated heterocycles. The van der Waals surface area contributed by atoms with Crippen molar-refractivity contribution >= 4 is 12.1 Å². The number of likely N-dealkylation sites (tertiary alicyclic amines) is 1. The summed E-state index contributed by atoms with van der Waals surface area (Å²) in [5.74, 6) is -0.546. The van der Waals surface area contributed by atoms with Gasteiger partial charge in [-0.15, -0.1) is 0 Å². The highest BCUT2D eigenvalue weighted by Crippen LogP contribution is 2.23. The first-order chi connectivity index (χ1) is 9.04. The Morgan fingerprint density at radius 3 is 2.45 bits per heavy atom. The number of carboxylic acid groups (broad SMARTS) is 1. The molecule has 6 heteroatoms. The Balaban J connectivity index is 2.71. The molecule has 0 aliphatic carbocycles. The van der Waals surface area contributed by atoms with E-state index in [1.165, 1.54) is 0 Å². The number of rotatable bonds is 4. The van der Waals surface area contributed by atoms with Gasteiger partial charge in [0, 0.05) is 19.6 Å². The van der Waals surface area contributed by atoms with E-state index >= 15 is 0 Å². The normalized spacial score (nSPS) is 23.9. The Kier molecular flexibility index (Phi) is 5.02. The number of carboxylic acids is 1. The maximum atomic E-state index is 11.8. The highest BCUT2D eigenvalue weighted by Gasteiger charge is 2.46. The van der Waals surface area contributed by atoms with E-state index in [0.717, 1.165) is 6.54 Å². The monoisotopic (exact) mass is 286 g/mol. The van der Waals surface area contributed by atoms with Crippen molar-refractivity contribution in [2.75, 3.05) is 19.6 Å². The van der Waals surface area contributed by atoms with Crippen molar-refractivity contribution in [3.05, 3.63) is 0 Å². The number of carbonyl (C=O) groups is 2. The van der Waals surface area contributed by atoms with E-state index in [2.05, 4.69) is 24.1 Å². The fourth-order valence-corrected chi connectivity index (χ4v) is 2.39. The Hall–Kier alpha value is -1.30. The fraction of sp³-hybridized carbons (Fsp3) is 0.857. The van der Waals surface area contributed by atoms with E-state index in [-0.39, 0.29) is 0 Å². The van der Waals surface area contributed by atoms with Crippen molar-refractivity contribution in [2.45, 2.75) is 52.2 Å². The molecule has 116 valence electrons. The maximum Gasteiger partial charge on any atom is 0.408 e. The summed E-state index contributed by atoms with van der Waals surface area (Å²) in [6.07, 6.45) is -0.278. The number of alkyl carbamates (subject to hydrolysis) is 1. The molecule has 1 amide bonds. The predicted octanol–water partition coefficient (Wildman–Crippen LogP) is 1.70. The van der Waals surface area contributed by atoms with Crippen LogP contribution in [-0.4, -0.2) is 52.8 Å². The van der Waals surface area contributed by atoms with Crippen LogP contribution in [0.25, 0.3) is 0 Å². The number of hydrogen-bond donors (Lipinski definition) is 2. The molecule has 1 fully saturated rings. The van der Waals surface area contributed by atoms with Crippen LogP contribution in [-0.2, 0) is 9.53 Å². The van der Waals surface area contributed by atoms with Crippen LogP contribution in [0.15, 0.2) is 0 Å². The molecule has 0 saturated carbocycles. The van der Waals surface area contributed by atoms with Crippen LogP contribution in [0.3, 0.4) is 0 Å². The molecule has 1 aliphatic rings. The summed E-state index contributed by atoms with van der Waals surface area (Å²) in [4.78, 5) is 25.5. The van der Waals surface area contributed by atoms with Gasteiger partial charge in [0.2, 0.25) is 0 Å². The molecule has 0 aromatic rings. The number of nitrogens with one attached hydrogen (secondary N) is 1. The van der Waals surface area contributed by atoms with Crippen molar-refractivity contribution in [2.24, 2.45) is 5.92 Å². The lowest BCUT2D eigenvalue weighted by atomic mass is 9.99. The van der Waals surface area contributed by atoms with Gasteiger partial charge in [0.1, 0.15) is 5.60 Å². The second kappa shape index (κ2) is 5.99. The summed E-state index contributed by atoms with van der Waals surface area (Å²) >= 11 is 0. The zero-order chi connectivity index (χ0) is 15.6. The standard InChI is InChI=1S/C14H26N2O4/c1-10(2)8-16-7-6-14(9-16,11(17)18)15-12(19)20-13(3,4)5/h10H,6-9H2,1-5H3,(H,15,19)(H,17,18). The molecule has 0 radical (unpaired) electrons. The van der Waals surface area contributed by atoms with Crippen LogP contribution >= 0.6 is 0 Å². The molecule has 0 spiro atoms. The summed E-state index contributed by atoms with van der Waals surface area (Å²) in [5.41, 5.74) is -1.88. The minimum Gasteiger partial charge on any atom is -0.479 e. The van der Waals surface area contributed by atoms with Gasteiger partial charge in [0.25, 0.3) is 0 Å². The van der Waals surface area contributed by atoms with Gasteiger partial charge < -0.3 is 20.1 Å². The first kappa shape index (κ1) is 16.8. The van der Waals surface area contributed by atoms with Crippen LogP contribution in [0.4, 0.5) is 4.79 Å². The summed E-state index contributed by atoms with van der Waals surface area (Å²) < 4.78 is 5.16. The number of amides is 1.